The summed E-state index contributed by atoms with van der Waals surface area (Å²) >= 11 is 0. The van der Waals surface area contributed by atoms with Gasteiger partial charge in [-0.2, -0.15) is 0 Å². The summed E-state index contributed by atoms with van der Waals surface area (Å²) in [6, 6.07) is 10.4. The molecule has 0 amide bonds. The predicted molar refractivity (Wildman–Crippen MR) is 66.7 cm³/mol. The highest BCUT2D eigenvalue weighted by Crippen LogP contribution is 2.14. The van der Waals surface area contributed by atoms with Gasteiger partial charge in [-0.1, -0.05) is 18.2 Å². The molecule has 0 aliphatic rings. The third-order valence-corrected chi connectivity index (χ3v) is 2.53. The first kappa shape index (κ1) is 12.1. The molecule has 2 rings (SSSR count). The molecule has 1 aromatic heterocycles. The summed E-state index contributed by atoms with van der Waals surface area (Å²) in [4.78, 5) is 15.1. The van der Waals surface area contributed by atoms with E-state index >= 15 is 0 Å². The Balaban J connectivity index is 2.10. The molecule has 0 saturated heterocycles. The Labute approximate surface area is 105 Å². The van der Waals surface area contributed by atoms with E-state index in [9.17, 15) is 4.79 Å². The number of rotatable bonds is 4. The minimum atomic E-state index is -0.948. The summed E-state index contributed by atoms with van der Waals surface area (Å²) in [5.74, 6) is -0.322. The number of aromatic nitrogens is 1. The van der Waals surface area contributed by atoms with Crippen LogP contribution in [0.5, 0.6) is 5.75 Å². The highest BCUT2D eigenvalue weighted by Gasteiger charge is 2.09. The average Bonchev–Trinajstić information content (AvgIpc) is 2.38. The van der Waals surface area contributed by atoms with Crippen molar-refractivity contribution in [3.63, 3.8) is 0 Å². The number of hydrogen-bond donors (Lipinski definition) is 1. The number of ether oxygens (including phenoxy) is 1. The van der Waals surface area contributed by atoms with Crippen LogP contribution in [0.25, 0.3) is 0 Å². The number of carboxylic acids is 1. The molecule has 0 spiro atoms. The molecule has 4 heteroatoms. The minimum absolute atomic E-state index is 0.215. The van der Waals surface area contributed by atoms with Gasteiger partial charge in [0.25, 0.3) is 0 Å². The lowest BCUT2D eigenvalue weighted by Crippen LogP contribution is -2.05. The van der Waals surface area contributed by atoms with E-state index in [0.717, 1.165) is 5.69 Å². The molecule has 4 nitrogen and oxygen atoms in total. The molecule has 1 aromatic carbocycles. The van der Waals surface area contributed by atoms with E-state index in [-0.39, 0.29) is 12.2 Å². The first-order chi connectivity index (χ1) is 8.66. The Morgan fingerprint density at radius 3 is 2.72 bits per heavy atom. The Bertz CT molecular complexity index is 549. The van der Waals surface area contributed by atoms with Gasteiger partial charge in [-0.3, -0.25) is 4.98 Å². The number of nitrogens with zero attached hydrogens (tertiary/aromatic N) is 1. The van der Waals surface area contributed by atoms with E-state index in [1.54, 1.807) is 30.5 Å². The van der Waals surface area contributed by atoms with Crippen LogP contribution in [0.1, 0.15) is 21.6 Å². The second-order valence-corrected chi connectivity index (χ2v) is 3.89. The topological polar surface area (TPSA) is 59.4 Å². The molecule has 0 atom stereocenters. The van der Waals surface area contributed by atoms with Crippen LogP contribution in [0.4, 0.5) is 0 Å². The number of aryl methyl sites for hydroxylation is 1. The molecule has 1 N–H and O–H groups in total. The number of carboxylic acid groups (broad SMARTS) is 1. The molecule has 0 unspecified atom stereocenters. The normalized spacial score (nSPS) is 10.1. The second-order valence-electron chi connectivity index (χ2n) is 3.89. The van der Waals surface area contributed by atoms with Crippen LogP contribution < -0.4 is 4.74 Å². The first-order valence-corrected chi connectivity index (χ1v) is 5.53. The predicted octanol–water partition coefficient (Wildman–Crippen LogP) is 2.67. The molecule has 1 heterocycles. The van der Waals surface area contributed by atoms with Crippen LogP contribution >= 0.6 is 0 Å². The number of benzene rings is 1. The molecule has 92 valence electrons. The Hall–Kier alpha value is -2.36. The van der Waals surface area contributed by atoms with Crippen LogP contribution in [-0.4, -0.2) is 16.1 Å². The number of carbonyl (C=O) groups is 1. The minimum Gasteiger partial charge on any atom is -0.487 e. The number of hydrogen-bond acceptors (Lipinski definition) is 3. The molecule has 0 radical (unpaired) electrons. The Morgan fingerprint density at radius 1 is 1.28 bits per heavy atom. The van der Waals surface area contributed by atoms with Crippen molar-refractivity contribution in [1.82, 2.24) is 4.98 Å². The van der Waals surface area contributed by atoms with Crippen molar-refractivity contribution in [3.05, 3.63) is 59.4 Å². The smallest absolute Gasteiger partial charge is 0.336 e. The van der Waals surface area contributed by atoms with Crippen molar-refractivity contribution in [1.29, 1.82) is 0 Å². The van der Waals surface area contributed by atoms with Crippen LogP contribution in [0.15, 0.2) is 42.6 Å². The maximum Gasteiger partial charge on any atom is 0.336 e. The van der Waals surface area contributed by atoms with Gasteiger partial charge in [-0.25, -0.2) is 4.79 Å². The zero-order chi connectivity index (χ0) is 13.0. The summed E-state index contributed by atoms with van der Waals surface area (Å²) in [5.41, 5.74) is 1.82. The van der Waals surface area contributed by atoms with Gasteiger partial charge in [0, 0.05) is 11.3 Å². The lowest BCUT2D eigenvalue weighted by molar-refractivity contribution is 0.0694. The number of pyridine rings is 1. The molecule has 0 aliphatic heterocycles. The van der Waals surface area contributed by atoms with Crippen molar-refractivity contribution in [3.8, 4) is 5.75 Å². The highest BCUT2D eigenvalue weighted by atomic mass is 16.5. The third kappa shape index (κ3) is 2.85. The highest BCUT2D eigenvalue weighted by molar-refractivity contribution is 5.89. The van der Waals surface area contributed by atoms with Gasteiger partial charge in [0.1, 0.15) is 12.4 Å². The zero-order valence-corrected chi connectivity index (χ0v) is 9.96. The fourth-order valence-corrected chi connectivity index (χ4v) is 1.56. The molecule has 0 aliphatic carbocycles. The largest absolute Gasteiger partial charge is 0.487 e. The van der Waals surface area contributed by atoms with Crippen LogP contribution in [0, 0.1) is 6.92 Å². The molecule has 18 heavy (non-hydrogen) atoms. The van der Waals surface area contributed by atoms with Crippen molar-refractivity contribution in [2.75, 3.05) is 0 Å². The van der Waals surface area contributed by atoms with Crippen molar-refractivity contribution in [2.45, 2.75) is 13.5 Å². The van der Waals surface area contributed by atoms with Crippen molar-refractivity contribution in [2.24, 2.45) is 0 Å². The number of aromatic carboxylic acids is 1. The summed E-state index contributed by atoms with van der Waals surface area (Å²) in [6.07, 6.45) is 1.62. The van der Waals surface area contributed by atoms with E-state index in [4.69, 9.17) is 9.84 Å². The molecular weight excluding hydrogens is 230 g/mol. The average molecular weight is 243 g/mol. The maximum atomic E-state index is 11.0. The van der Waals surface area contributed by atoms with Gasteiger partial charge in [-0.05, 0) is 25.1 Å². The fraction of sp³-hybridized carbons (Fsp3) is 0.143. The standard InChI is InChI=1S/C14H13NO3/c1-10-6-7-12(8-15-10)18-9-11-4-2-3-5-13(11)14(16)17/h2-8H,9H2,1H3,(H,16,17). The molecule has 0 saturated carbocycles. The summed E-state index contributed by atoms with van der Waals surface area (Å²) in [5, 5.41) is 9.03. The van der Waals surface area contributed by atoms with Gasteiger partial charge >= 0.3 is 5.97 Å². The molecule has 0 fully saturated rings. The van der Waals surface area contributed by atoms with E-state index < -0.39 is 5.97 Å². The summed E-state index contributed by atoms with van der Waals surface area (Å²) in [7, 11) is 0. The van der Waals surface area contributed by atoms with Crippen LogP contribution in [-0.2, 0) is 6.61 Å². The quantitative estimate of drug-likeness (QED) is 0.896. The zero-order valence-electron chi connectivity index (χ0n) is 9.96. The maximum absolute atomic E-state index is 11.0. The molecule has 0 bridgehead atoms. The van der Waals surface area contributed by atoms with Crippen molar-refractivity contribution < 1.29 is 14.6 Å². The third-order valence-electron chi connectivity index (χ3n) is 2.53. The SMILES string of the molecule is Cc1ccc(OCc2ccccc2C(=O)O)cn1. The van der Waals surface area contributed by atoms with Gasteiger partial charge in [-0.15, -0.1) is 0 Å². The summed E-state index contributed by atoms with van der Waals surface area (Å²) in [6.45, 7) is 2.11. The second kappa shape index (κ2) is 5.31. The van der Waals surface area contributed by atoms with E-state index in [0.29, 0.717) is 11.3 Å². The van der Waals surface area contributed by atoms with Crippen LogP contribution in [0.3, 0.4) is 0 Å². The first-order valence-electron chi connectivity index (χ1n) is 5.53. The van der Waals surface area contributed by atoms with Gasteiger partial charge in [0.2, 0.25) is 0 Å². The van der Waals surface area contributed by atoms with Gasteiger partial charge in [0.05, 0.1) is 11.8 Å². The Kier molecular flexibility index (Phi) is 3.57. The monoisotopic (exact) mass is 243 g/mol. The van der Waals surface area contributed by atoms with Gasteiger partial charge in [0.15, 0.2) is 0 Å². The van der Waals surface area contributed by atoms with E-state index in [1.165, 1.54) is 0 Å². The lowest BCUT2D eigenvalue weighted by atomic mass is 10.1. The fourth-order valence-electron chi connectivity index (χ4n) is 1.56. The van der Waals surface area contributed by atoms with E-state index in [1.807, 2.05) is 19.1 Å². The summed E-state index contributed by atoms with van der Waals surface area (Å²) < 4.78 is 5.51. The van der Waals surface area contributed by atoms with Crippen molar-refractivity contribution >= 4 is 5.97 Å². The molecular formula is C14H13NO3. The molecule has 2 aromatic rings. The lowest BCUT2D eigenvalue weighted by Gasteiger charge is -2.08. The van der Waals surface area contributed by atoms with E-state index in [2.05, 4.69) is 4.98 Å². The van der Waals surface area contributed by atoms with Crippen LogP contribution in [0.2, 0.25) is 0 Å². The van der Waals surface area contributed by atoms with Gasteiger partial charge < -0.3 is 9.84 Å². The Morgan fingerprint density at radius 2 is 2.06 bits per heavy atom.